The number of anilines is 1. The molecule has 0 radical (unpaired) electrons. The highest BCUT2D eigenvalue weighted by molar-refractivity contribution is 5.93. The summed E-state index contributed by atoms with van der Waals surface area (Å²) in [7, 11) is 0. The van der Waals surface area contributed by atoms with Crippen molar-refractivity contribution < 1.29 is 14.7 Å². The summed E-state index contributed by atoms with van der Waals surface area (Å²) < 4.78 is 0. The molecule has 5 heteroatoms. The molecule has 0 bridgehead atoms. The zero-order valence-electron chi connectivity index (χ0n) is 11.9. The van der Waals surface area contributed by atoms with Crippen LogP contribution in [0.25, 0.3) is 0 Å². The van der Waals surface area contributed by atoms with Gasteiger partial charge in [-0.25, -0.2) is 4.79 Å². The lowest BCUT2D eigenvalue weighted by Crippen LogP contribution is -2.45. The number of aliphatic carboxylic acids is 1. The topological polar surface area (TPSA) is 83.6 Å². The number of hydrogen-bond acceptors (Lipinski definition) is 3. The summed E-state index contributed by atoms with van der Waals surface area (Å²) >= 11 is 0. The number of hydrogen-bond donors (Lipinski definition) is 2. The fourth-order valence-corrected chi connectivity index (χ4v) is 2.83. The normalized spacial score (nSPS) is 16.9. The van der Waals surface area contributed by atoms with Gasteiger partial charge in [0.15, 0.2) is 0 Å². The molecule has 1 unspecified atom stereocenters. The van der Waals surface area contributed by atoms with E-state index in [-0.39, 0.29) is 0 Å². The highest BCUT2D eigenvalue weighted by Gasteiger charge is 2.31. The van der Waals surface area contributed by atoms with Crippen LogP contribution in [0.1, 0.15) is 21.5 Å². The summed E-state index contributed by atoms with van der Waals surface area (Å²) in [5.41, 5.74) is 8.61. The van der Waals surface area contributed by atoms with Crippen molar-refractivity contribution in [2.24, 2.45) is 5.73 Å². The van der Waals surface area contributed by atoms with Gasteiger partial charge in [-0.15, -0.1) is 0 Å². The summed E-state index contributed by atoms with van der Waals surface area (Å²) in [5, 5.41) is 9.52. The van der Waals surface area contributed by atoms with Crippen LogP contribution in [0.15, 0.2) is 48.5 Å². The van der Waals surface area contributed by atoms with Crippen LogP contribution < -0.4 is 10.6 Å². The van der Waals surface area contributed by atoms with Crippen LogP contribution in [-0.4, -0.2) is 23.0 Å². The third kappa shape index (κ3) is 2.53. The predicted octanol–water partition coefficient (Wildman–Crippen LogP) is 1.80. The second-order valence-electron chi connectivity index (χ2n) is 5.37. The Morgan fingerprint density at radius 1 is 1.05 bits per heavy atom. The zero-order valence-corrected chi connectivity index (χ0v) is 11.9. The van der Waals surface area contributed by atoms with Crippen molar-refractivity contribution in [3.8, 4) is 0 Å². The van der Waals surface area contributed by atoms with Crippen molar-refractivity contribution in [2.45, 2.75) is 19.0 Å². The van der Waals surface area contributed by atoms with Gasteiger partial charge >= 0.3 is 5.97 Å². The van der Waals surface area contributed by atoms with E-state index in [2.05, 4.69) is 0 Å². The van der Waals surface area contributed by atoms with Gasteiger partial charge in [-0.2, -0.15) is 0 Å². The van der Waals surface area contributed by atoms with Crippen LogP contribution >= 0.6 is 0 Å². The van der Waals surface area contributed by atoms with Crippen LogP contribution in [0, 0.1) is 0 Å². The Labute approximate surface area is 128 Å². The first kappa shape index (κ1) is 14.1. The number of fused-ring (bicyclic) bond motifs is 1. The fourth-order valence-electron chi connectivity index (χ4n) is 2.83. The molecule has 5 nitrogen and oxygen atoms in total. The summed E-state index contributed by atoms with van der Waals surface area (Å²) in [6.45, 7) is 0.531. The van der Waals surface area contributed by atoms with Crippen LogP contribution in [0.4, 0.5) is 5.69 Å². The Kier molecular flexibility index (Phi) is 3.55. The molecule has 2 aromatic rings. The minimum absolute atomic E-state index is 0.410. The average molecular weight is 296 g/mol. The van der Waals surface area contributed by atoms with Gasteiger partial charge in [0.25, 0.3) is 0 Å². The molecule has 1 amide bonds. The average Bonchev–Trinajstić information content (AvgIpc) is 2.53. The van der Waals surface area contributed by atoms with Crippen molar-refractivity contribution in [1.29, 1.82) is 0 Å². The second-order valence-corrected chi connectivity index (χ2v) is 5.37. The lowest BCUT2D eigenvalue weighted by atomic mass is 9.93. The molecular weight excluding hydrogens is 280 g/mol. The van der Waals surface area contributed by atoms with E-state index in [0.29, 0.717) is 18.5 Å². The SMILES string of the molecule is NC(=O)c1ccc(N2Cc3ccccc3CC2C(=O)O)cc1. The van der Waals surface area contributed by atoms with Gasteiger partial charge in [-0.3, -0.25) is 4.79 Å². The van der Waals surface area contributed by atoms with Crippen molar-refractivity contribution >= 4 is 17.6 Å². The van der Waals surface area contributed by atoms with Gasteiger partial charge in [0.05, 0.1) is 0 Å². The zero-order chi connectivity index (χ0) is 15.7. The van der Waals surface area contributed by atoms with Crippen LogP contribution in [0.3, 0.4) is 0 Å². The lowest BCUT2D eigenvalue weighted by molar-refractivity contribution is -0.138. The number of benzene rings is 2. The first-order chi connectivity index (χ1) is 10.6. The maximum Gasteiger partial charge on any atom is 0.326 e. The lowest BCUT2D eigenvalue weighted by Gasteiger charge is -2.36. The molecule has 22 heavy (non-hydrogen) atoms. The number of primary amides is 1. The molecule has 1 heterocycles. The smallest absolute Gasteiger partial charge is 0.326 e. The summed E-state index contributed by atoms with van der Waals surface area (Å²) in [6, 6.07) is 14.0. The van der Waals surface area contributed by atoms with Crippen molar-refractivity contribution in [1.82, 2.24) is 0 Å². The van der Waals surface area contributed by atoms with Crippen molar-refractivity contribution in [3.63, 3.8) is 0 Å². The molecule has 2 aromatic carbocycles. The number of rotatable bonds is 3. The number of carboxylic acids is 1. The van der Waals surface area contributed by atoms with E-state index >= 15 is 0 Å². The molecule has 1 atom stereocenters. The molecule has 0 fully saturated rings. The van der Waals surface area contributed by atoms with E-state index in [0.717, 1.165) is 16.8 Å². The Bertz CT molecular complexity index is 725. The number of carbonyl (C=O) groups excluding carboxylic acids is 1. The van der Waals surface area contributed by atoms with Crippen LogP contribution in [-0.2, 0) is 17.8 Å². The minimum atomic E-state index is -0.853. The number of amides is 1. The molecule has 1 aliphatic heterocycles. The number of nitrogens with zero attached hydrogens (tertiary/aromatic N) is 1. The monoisotopic (exact) mass is 296 g/mol. The minimum Gasteiger partial charge on any atom is -0.480 e. The third-order valence-corrected chi connectivity index (χ3v) is 4.02. The van der Waals surface area contributed by atoms with E-state index in [1.807, 2.05) is 29.2 Å². The maximum absolute atomic E-state index is 11.6. The molecule has 0 spiro atoms. The third-order valence-electron chi connectivity index (χ3n) is 4.02. The van der Waals surface area contributed by atoms with E-state index < -0.39 is 17.9 Å². The Hall–Kier alpha value is -2.82. The standard InChI is InChI=1S/C17H16N2O3/c18-16(20)11-5-7-14(8-6-11)19-10-13-4-2-1-3-12(13)9-15(19)17(21)22/h1-8,15H,9-10H2,(H2,18,20)(H,21,22). The quantitative estimate of drug-likeness (QED) is 0.904. The molecule has 0 aliphatic carbocycles. The van der Waals surface area contributed by atoms with Crippen LogP contribution in [0.5, 0.6) is 0 Å². The molecule has 3 N–H and O–H groups in total. The first-order valence-electron chi connectivity index (χ1n) is 7.02. The summed E-state index contributed by atoms with van der Waals surface area (Å²) in [5.74, 6) is -1.35. The molecule has 3 rings (SSSR count). The Balaban J connectivity index is 1.97. The first-order valence-corrected chi connectivity index (χ1v) is 7.02. The molecule has 0 saturated carbocycles. The van der Waals surface area contributed by atoms with Gasteiger partial charge < -0.3 is 15.7 Å². The van der Waals surface area contributed by atoms with E-state index in [1.165, 1.54) is 0 Å². The van der Waals surface area contributed by atoms with E-state index in [9.17, 15) is 14.7 Å². The Morgan fingerprint density at radius 2 is 1.68 bits per heavy atom. The number of nitrogens with two attached hydrogens (primary N) is 1. The highest BCUT2D eigenvalue weighted by Crippen LogP contribution is 2.28. The summed E-state index contributed by atoms with van der Waals surface area (Å²) in [4.78, 5) is 24.6. The fraction of sp³-hybridized carbons (Fsp3) is 0.176. The van der Waals surface area contributed by atoms with Gasteiger partial charge in [-0.1, -0.05) is 24.3 Å². The second kappa shape index (κ2) is 5.52. The Morgan fingerprint density at radius 3 is 2.27 bits per heavy atom. The molecular formula is C17H16N2O3. The highest BCUT2D eigenvalue weighted by atomic mass is 16.4. The molecule has 0 saturated heterocycles. The predicted molar refractivity (Wildman–Crippen MR) is 82.7 cm³/mol. The van der Waals surface area contributed by atoms with E-state index in [1.54, 1.807) is 24.3 Å². The van der Waals surface area contributed by atoms with Gasteiger partial charge in [-0.05, 0) is 35.4 Å². The molecule has 1 aliphatic rings. The number of carbonyl (C=O) groups is 2. The molecule has 0 aromatic heterocycles. The van der Waals surface area contributed by atoms with E-state index in [4.69, 9.17) is 5.73 Å². The van der Waals surface area contributed by atoms with Crippen molar-refractivity contribution in [2.75, 3.05) is 4.90 Å². The van der Waals surface area contributed by atoms with Gasteiger partial charge in [0.2, 0.25) is 5.91 Å². The largest absolute Gasteiger partial charge is 0.480 e. The van der Waals surface area contributed by atoms with Gasteiger partial charge in [0.1, 0.15) is 6.04 Å². The van der Waals surface area contributed by atoms with Crippen LogP contribution in [0.2, 0.25) is 0 Å². The van der Waals surface area contributed by atoms with Crippen molar-refractivity contribution in [3.05, 3.63) is 65.2 Å². The number of carboxylic acid groups (broad SMARTS) is 1. The van der Waals surface area contributed by atoms with Gasteiger partial charge in [0, 0.05) is 24.2 Å². The summed E-state index contributed by atoms with van der Waals surface area (Å²) in [6.07, 6.45) is 0.461. The maximum atomic E-state index is 11.6. The molecule has 112 valence electrons.